The van der Waals surface area contributed by atoms with Crippen molar-refractivity contribution in [3.63, 3.8) is 0 Å². The second kappa shape index (κ2) is 8.87. The molecule has 0 aliphatic carbocycles. The number of aryl methyl sites for hydroxylation is 1. The smallest absolute Gasteiger partial charge is 0.262 e. The topological polar surface area (TPSA) is 67.4 Å². The predicted octanol–water partition coefficient (Wildman–Crippen LogP) is 3.46. The summed E-state index contributed by atoms with van der Waals surface area (Å²) in [6.45, 7) is 6.41. The second-order valence-electron chi connectivity index (χ2n) is 5.84. The molecule has 132 valence electrons. The van der Waals surface area contributed by atoms with E-state index in [1.165, 1.54) is 0 Å². The van der Waals surface area contributed by atoms with Crippen molar-refractivity contribution in [1.82, 2.24) is 5.32 Å². The highest BCUT2D eigenvalue weighted by molar-refractivity contribution is 6.04. The van der Waals surface area contributed by atoms with E-state index in [4.69, 9.17) is 4.74 Å². The number of rotatable bonds is 7. The number of anilines is 1. The molecule has 0 aliphatic rings. The molecule has 0 heterocycles. The van der Waals surface area contributed by atoms with E-state index in [9.17, 15) is 9.59 Å². The molecule has 0 unspecified atom stereocenters. The Morgan fingerprint density at radius 2 is 1.80 bits per heavy atom. The molecular weight excluding hydrogens is 316 g/mol. The molecule has 0 atom stereocenters. The highest BCUT2D eigenvalue weighted by Crippen LogP contribution is 2.20. The van der Waals surface area contributed by atoms with Gasteiger partial charge in [-0.25, -0.2) is 0 Å². The van der Waals surface area contributed by atoms with Gasteiger partial charge in [-0.1, -0.05) is 31.2 Å². The average molecular weight is 340 g/mol. The molecule has 0 radical (unpaired) electrons. The van der Waals surface area contributed by atoms with Crippen LogP contribution >= 0.6 is 0 Å². The quantitative estimate of drug-likeness (QED) is 0.811. The first kappa shape index (κ1) is 18.5. The number of para-hydroxylation sites is 1. The number of hydrogen-bond donors (Lipinski definition) is 2. The van der Waals surface area contributed by atoms with Crippen molar-refractivity contribution >= 4 is 17.5 Å². The van der Waals surface area contributed by atoms with Crippen LogP contribution in [-0.4, -0.2) is 25.0 Å². The molecule has 2 rings (SSSR count). The third kappa shape index (κ3) is 5.08. The number of carbonyl (C=O) groups is 2. The molecule has 5 heteroatoms. The summed E-state index contributed by atoms with van der Waals surface area (Å²) < 4.78 is 5.60. The number of carbonyl (C=O) groups excluding carboxylic acids is 2. The van der Waals surface area contributed by atoms with Gasteiger partial charge < -0.3 is 15.4 Å². The van der Waals surface area contributed by atoms with Crippen LogP contribution in [0, 0.1) is 13.8 Å². The first-order valence-electron chi connectivity index (χ1n) is 8.39. The van der Waals surface area contributed by atoms with Crippen LogP contribution in [0.15, 0.2) is 42.5 Å². The van der Waals surface area contributed by atoms with Crippen molar-refractivity contribution in [3.05, 3.63) is 59.2 Å². The summed E-state index contributed by atoms with van der Waals surface area (Å²) >= 11 is 0. The Kier molecular flexibility index (Phi) is 6.57. The monoisotopic (exact) mass is 340 g/mol. The van der Waals surface area contributed by atoms with Crippen LogP contribution in [-0.2, 0) is 4.79 Å². The third-order valence-electron chi connectivity index (χ3n) is 3.90. The highest BCUT2D eigenvalue weighted by atomic mass is 16.5. The van der Waals surface area contributed by atoms with E-state index in [2.05, 4.69) is 10.6 Å². The molecule has 0 aliphatic heterocycles. The molecule has 2 aromatic rings. The van der Waals surface area contributed by atoms with Crippen molar-refractivity contribution in [2.75, 3.05) is 18.5 Å². The number of ether oxygens (including phenoxy) is 1. The van der Waals surface area contributed by atoms with Crippen LogP contribution in [0.4, 0.5) is 5.69 Å². The van der Waals surface area contributed by atoms with Crippen LogP contribution < -0.4 is 15.4 Å². The first-order chi connectivity index (χ1) is 12.0. The lowest BCUT2D eigenvalue weighted by molar-refractivity contribution is -0.118. The lowest BCUT2D eigenvalue weighted by atomic mass is 10.1. The lowest BCUT2D eigenvalue weighted by Crippen LogP contribution is -2.27. The molecule has 0 saturated carbocycles. The summed E-state index contributed by atoms with van der Waals surface area (Å²) in [6.07, 6.45) is 0.851. The van der Waals surface area contributed by atoms with Gasteiger partial charge in [0.05, 0.1) is 11.3 Å². The van der Waals surface area contributed by atoms with E-state index in [0.29, 0.717) is 23.5 Å². The zero-order valence-corrected chi connectivity index (χ0v) is 14.9. The van der Waals surface area contributed by atoms with Crippen molar-refractivity contribution < 1.29 is 14.3 Å². The van der Waals surface area contributed by atoms with Crippen LogP contribution in [0.25, 0.3) is 0 Å². The molecule has 0 spiro atoms. The van der Waals surface area contributed by atoms with Gasteiger partial charge in [-0.15, -0.1) is 0 Å². The minimum absolute atomic E-state index is 0.116. The molecule has 25 heavy (non-hydrogen) atoms. The molecule has 2 amide bonds. The number of hydrogen-bond acceptors (Lipinski definition) is 3. The Morgan fingerprint density at radius 3 is 2.56 bits per heavy atom. The number of benzene rings is 2. The summed E-state index contributed by atoms with van der Waals surface area (Å²) in [5.41, 5.74) is 3.03. The van der Waals surface area contributed by atoms with Gasteiger partial charge in [-0.3, -0.25) is 9.59 Å². The van der Waals surface area contributed by atoms with Gasteiger partial charge in [0.2, 0.25) is 0 Å². The first-order valence-corrected chi connectivity index (χ1v) is 8.39. The summed E-state index contributed by atoms with van der Waals surface area (Å²) in [5.74, 6) is 0.175. The molecule has 0 aromatic heterocycles. The Morgan fingerprint density at radius 1 is 1.04 bits per heavy atom. The normalized spacial score (nSPS) is 10.2. The SMILES string of the molecule is CCCNC(=O)c1ccccc1NC(=O)COc1cccc(C)c1C. The fourth-order valence-corrected chi connectivity index (χ4v) is 2.33. The largest absolute Gasteiger partial charge is 0.483 e. The second-order valence-corrected chi connectivity index (χ2v) is 5.84. The molecule has 5 nitrogen and oxygen atoms in total. The number of amides is 2. The Balaban J connectivity index is 2.01. The number of nitrogens with one attached hydrogen (secondary N) is 2. The van der Waals surface area contributed by atoms with Crippen LogP contribution in [0.5, 0.6) is 5.75 Å². The van der Waals surface area contributed by atoms with E-state index < -0.39 is 0 Å². The predicted molar refractivity (Wildman–Crippen MR) is 99.1 cm³/mol. The maximum atomic E-state index is 12.2. The zero-order valence-electron chi connectivity index (χ0n) is 14.9. The lowest BCUT2D eigenvalue weighted by Gasteiger charge is -2.13. The molecule has 0 fully saturated rings. The van der Waals surface area contributed by atoms with Gasteiger partial charge in [0.1, 0.15) is 5.75 Å². The minimum Gasteiger partial charge on any atom is -0.483 e. The Labute approximate surface area is 148 Å². The Hall–Kier alpha value is -2.82. The zero-order chi connectivity index (χ0) is 18.2. The van der Waals surface area contributed by atoms with Gasteiger partial charge in [-0.05, 0) is 49.6 Å². The molecular formula is C20H24N2O3. The van der Waals surface area contributed by atoms with Crippen molar-refractivity contribution in [1.29, 1.82) is 0 Å². The third-order valence-corrected chi connectivity index (χ3v) is 3.90. The van der Waals surface area contributed by atoms with Crippen molar-refractivity contribution in [3.8, 4) is 5.75 Å². The van der Waals surface area contributed by atoms with Gasteiger partial charge in [0.25, 0.3) is 11.8 Å². The van der Waals surface area contributed by atoms with E-state index in [1.54, 1.807) is 24.3 Å². The van der Waals surface area contributed by atoms with Crippen molar-refractivity contribution in [2.24, 2.45) is 0 Å². The standard InChI is InChI=1S/C20H24N2O3/c1-4-12-21-20(24)16-9-5-6-10-17(16)22-19(23)13-25-18-11-7-8-14(2)15(18)3/h5-11H,4,12-13H2,1-3H3,(H,21,24)(H,22,23). The maximum absolute atomic E-state index is 12.2. The van der Waals surface area contributed by atoms with Crippen molar-refractivity contribution in [2.45, 2.75) is 27.2 Å². The fourth-order valence-electron chi connectivity index (χ4n) is 2.33. The summed E-state index contributed by atoms with van der Waals surface area (Å²) in [7, 11) is 0. The molecule has 0 saturated heterocycles. The van der Waals surface area contributed by atoms with Crippen LogP contribution in [0.1, 0.15) is 34.8 Å². The summed E-state index contributed by atoms with van der Waals surface area (Å²) in [6, 6.07) is 12.7. The fraction of sp³-hybridized carbons (Fsp3) is 0.300. The average Bonchev–Trinajstić information content (AvgIpc) is 2.61. The van der Waals surface area contributed by atoms with E-state index >= 15 is 0 Å². The molecule has 2 N–H and O–H groups in total. The van der Waals surface area contributed by atoms with Crippen LogP contribution in [0.2, 0.25) is 0 Å². The summed E-state index contributed by atoms with van der Waals surface area (Å²) in [4.78, 5) is 24.4. The van der Waals surface area contributed by atoms with Gasteiger partial charge in [-0.2, -0.15) is 0 Å². The molecule has 0 bridgehead atoms. The van der Waals surface area contributed by atoms with Gasteiger partial charge in [0, 0.05) is 6.54 Å². The maximum Gasteiger partial charge on any atom is 0.262 e. The molecule has 2 aromatic carbocycles. The summed E-state index contributed by atoms with van der Waals surface area (Å²) in [5, 5.41) is 5.56. The highest BCUT2D eigenvalue weighted by Gasteiger charge is 2.13. The van der Waals surface area contributed by atoms with E-state index in [1.807, 2.05) is 39.0 Å². The van der Waals surface area contributed by atoms with E-state index in [-0.39, 0.29) is 18.4 Å². The minimum atomic E-state index is -0.309. The van der Waals surface area contributed by atoms with Crippen LogP contribution in [0.3, 0.4) is 0 Å². The van der Waals surface area contributed by atoms with Gasteiger partial charge >= 0.3 is 0 Å². The van der Waals surface area contributed by atoms with Gasteiger partial charge in [0.15, 0.2) is 6.61 Å². The van der Waals surface area contributed by atoms with E-state index in [0.717, 1.165) is 17.5 Å². The Bertz CT molecular complexity index is 756.